The Labute approximate surface area is 135 Å². The number of rotatable bonds is 2. The van der Waals surface area contributed by atoms with Crippen molar-refractivity contribution in [1.82, 2.24) is 15.1 Å². The number of hydrogen-bond acceptors (Lipinski definition) is 5. The van der Waals surface area contributed by atoms with E-state index < -0.39 is 5.41 Å². The second-order valence-corrected chi connectivity index (χ2v) is 7.83. The smallest absolute Gasteiger partial charge is 0.236 e. The van der Waals surface area contributed by atoms with Crippen LogP contribution in [0.25, 0.3) is 0 Å². The van der Waals surface area contributed by atoms with Gasteiger partial charge in [0.2, 0.25) is 18.2 Å². The minimum absolute atomic E-state index is 0.0662. The summed E-state index contributed by atoms with van der Waals surface area (Å²) >= 11 is 0. The molecule has 2 unspecified atom stereocenters. The first kappa shape index (κ1) is 14.8. The lowest BCUT2D eigenvalue weighted by Crippen LogP contribution is -2.53. The third kappa shape index (κ3) is 1.86. The summed E-state index contributed by atoms with van der Waals surface area (Å²) in [5.74, 6) is 1.49. The van der Waals surface area contributed by atoms with Gasteiger partial charge < -0.3 is 9.32 Å². The molecule has 0 aromatic carbocycles. The third-order valence-corrected chi connectivity index (χ3v) is 6.77. The fourth-order valence-corrected chi connectivity index (χ4v) is 5.14. The summed E-state index contributed by atoms with van der Waals surface area (Å²) in [7, 11) is 0. The Morgan fingerprint density at radius 3 is 2.57 bits per heavy atom. The molecule has 0 spiro atoms. The van der Waals surface area contributed by atoms with Crippen LogP contribution in [0.2, 0.25) is 0 Å². The molecule has 0 radical (unpaired) electrons. The van der Waals surface area contributed by atoms with Gasteiger partial charge in [-0.1, -0.05) is 13.8 Å². The summed E-state index contributed by atoms with van der Waals surface area (Å²) in [4.78, 5) is 27.8. The zero-order valence-electron chi connectivity index (χ0n) is 13.7. The molecule has 0 N–H and O–H groups in total. The van der Waals surface area contributed by atoms with Crippen LogP contribution in [0, 0.1) is 16.7 Å². The molecule has 1 amide bonds. The number of fused-ring (bicyclic) bond motifs is 2. The summed E-state index contributed by atoms with van der Waals surface area (Å²) in [5, 5.41) is 7.72. The molecule has 2 aliphatic carbocycles. The Bertz CT molecular complexity index is 632. The average Bonchev–Trinajstić information content (AvgIpc) is 3.20. The number of nitrogens with zero attached hydrogens (tertiary/aromatic N) is 3. The largest absolute Gasteiger partial charge is 0.428 e. The zero-order chi connectivity index (χ0) is 16.2. The van der Waals surface area contributed by atoms with Gasteiger partial charge in [-0.25, -0.2) is 0 Å². The molecular weight excluding hydrogens is 294 g/mol. The summed E-state index contributed by atoms with van der Waals surface area (Å²) in [6.45, 7) is 5.56. The number of carbonyl (C=O) groups excluding carboxylic acids is 2. The molecule has 1 aliphatic heterocycles. The summed E-state index contributed by atoms with van der Waals surface area (Å²) in [6, 6.07) is 0. The van der Waals surface area contributed by atoms with Crippen LogP contribution in [0.15, 0.2) is 10.8 Å². The first-order valence-corrected chi connectivity index (χ1v) is 8.55. The van der Waals surface area contributed by atoms with Crippen molar-refractivity contribution < 1.29 is 14.0 Å². The predicted octanol–water partition coefficient (Wildman–Crippen LogP) is 2.17. The van der Waals surface area contributed by atoms with Crippen molar-refractivity contribution in [2.45, 2.75) is 51.9 Å². The molecule has 3 aliphatic rings. The van der Waals surface area contributed by atoms with E-state index in [0.717, 1.165) is 25.7 Å². The van der Waals surface area contributed by atoms with E-state index in [1.807, 2.05) is 4.90 Å². The molecule has 3 fully saturated rings. The van der Waals surface area contributed by atoms with Crippen LogP contribution >= 0.6 is 0 Å². The number of hydrogen-bond donors (Lipinski definition) is 0. The number of amides is 1. The molecule has 23 heavy (non-hydrogen) atoms. The Morgan fingerprint density at radius 1 is 1.30 bits per heavy atom. The van der Waals surface area contributed by atoms with Crippen molar-refractivity contribution in [3.63, 3.8) is 0 Å². The highest BCUT2D eigenvalue weighted by molar-refractivity contribution is 6.09. The van der Waals surface area contributed by atoms with Gasteiger partial charge in [0.1, 0.15) is 11.2 Å². The Kier molecular flexibility index (Phi) is 3.15. The van der Waals surface area contributed by atoms with E-state index in [0.29, 0.717) is 31.3 Å². The van der Waals surface area contributed by atoms with E-state index >= 15 is 0 Å². The van der Waals surface area contributed by atoms with E-state index in [2.05, 4.69) is 24.0 Å². The maximum absolute atomic E-state index is 13.3. The maximum Gasteiger partial charge on any atom is 0.236 e. The van der Waals surface area contributed by atoms with E-state index in [4.69, 9.17) is 4.42 Å². The normalized spacial score (nSPS) is 33.4. The number of aromatic nitrogens is 2. The van der Waals surface area contributed by atoms with Crippen LogP contribution in [0.3, 0.4) is 0 Å². The van der Waals surface area contributed by atoms with Gasteiger partial charge >= 0.3 is 0 Å². The lowest BCUT2D eigenvalue weighted by molar-refractivity contribution is -0.154. The maximum atomic E-state index is 13.3. The molecule has 2 heterocycles. The van der Waals surface area contributed by atoms with Gasteiger partial charge in [-0.15, -0.1) is 10.2 Å². The number of likely N-dealkylation sites (tertiary alicyclic amines) is 1. The quantitative estimate of drug-likeness (QED) is 0.781. The summed E-state index contributed by atoms with van der Waals surface area (Å²) < 4.78 is 5.29. The molecule has 6 heteroatoms. The zero-order valence-corrected chi connectivity index (χ0v) is 13.7. The van der Waals surface area contributed by atoms with Crippen LogP contribution in [0.1, 0.15) is 57.8 Å². The Balaban J connectivity index is 1.51. The standard InChI is InChI=1S/C17H23N3O3/c1-16(2)12-3-6-17(16,13(21)9-12)15(22)20-7-4-11(5-8-20)14-19-18-10-23-14/h10-12H,3-9H2,1-2H3. The molecule has 6 nitrogen and oxygen atoms in total. The van der Waals surface area contributed by atoms with E-state index in [-0.39, 0.29) is 23.0 Å². The number of ketones is 1. The van der Waals surface area contributed by atoms with Crippen LogP contribution in [-0.4, -0.2) is 39.9 Å². The molecule has 4 rings (SSSR count). The van der Waals surface area contributed by atoms with Gasteiger partial charge in [0.15, 0.2) is 0 Å². The molecule has 2 saturated carbocycles. The second-order valence-electron chi connectivity index (χ2n) is 7.83. The van der Waals surface area contributed by atoms with Crippen molar-refractivity contribution >= 4 is 11.7 Å². The topological polar surface area (TPSA) is 76.3 Å². The SMILES string of the molecule is CC1(C)C2CCC1(C(=O)N1CCC(c3nnco3)CC1)C(=O)C2. The highest BCUT2D eigenvalue weighted by Crippen LogP contribution is 2.64. The average molecular weight is 317 g/mol. The fourth-order valence-electron chi connectivity index (χ4n) is 5.14. The minimum atomic E-state index is -0.769. The number of carbonyl (C=O) groups is 2. The second kappa shape index (κ2) is 4.89. The number of piperidine rings is 1. The van der Waals surface area contributed by atoms with Gasteiger partial charge in [0.25, 0.3) is 0 Å². The molecule has 2 atom stereocenters. The van der Waals surface area contributed by atoms with Crippen LogP contribution < -0.4 is 0 Å². The minimum Gasteiger partial charge on any atom is -0.428 e. The van der Waals surface area contributed by atoms with Gasteiger partial charge in [0.05, 0.1) is 0 Å². The van der Waals surface area contributed by atoms with Crippen molar-refractivity contribution in [3.05, 3.63) is 12.3 Å². The summed E-state index contributed by atoms with van der Waals surface area (Å²) in [6.07, 6.45) is 5.31. The monoisotopic (exact) mass is 317 g/mol. The van der Waals surface area contributed by atoms with Gasteiger partial charge in [-0.2, -0.15) is 0 Å². The molecule has 1 aromatic rings. The predicted molar refractivity (Wildman–Crippen MR) is 81.4 cm³/mol. The molecule has 2 bridgehead atoms. The molecule has 124 valence electrons. The van der Waals surface area contributed by atoms with Gasteiger partial charge in [0, 0.05) is 25.4 Å². The van der Waals surface area contributed by atoms with Crippen LogP contribution in [-0.2, 0) is 9.59 Å². The Hall–Kier alpha value is -1.72. The lowest BCUT2D eigenvalue weighted by atomic mass is 9.67. The first-order valence-electron chi connectivity index (χ1n) is 8.55. The van der Waals surface area contributed by atoms with Gasteiger partial charge in [-0.3, -0.25) is 9.59 Å². The third-order valence-electron chi connectivity index (χ3n) is 6.77. The van der Waals surface area contributed by atoms with Crippen LogP contribution in [0.5, 0.6) is 0 Å². The van der Waals surface area contributed by atoms with Crippen molar-refractivity contribution in [3.8, 4) is 0 Å². The van der Waals surface area contributed by atoms with E-state index in [1.54, 1.807) is 0 Å². The molecule has 1 saturated heterocycles. The van der Waals surface area contributed by atoms with Crippen molar-refractivity contribution in [2.24, 2.45) is 16.7 Å². The summed E-state index contributed by atoms with van der Waals surface area (Å²) in [5.41, 5.74) is -0.973. The van der Waals surface area contributed by atoms with Crippen molar-refractivity contribution in [2.75, 3.05) is 13.1 Å². The fraction of sp³-hybridized carbons (Fsp3) is 0.765. The van der Waals surface area contributed by atoms with Crippen LogP contribution in [0.4, 0.5) is 0 Å². The molecular formula is C17H23N3O3. The van der Waals surface area contributed by atoms with Crippen molar-refractivity contribution in [1.29, 1.82) is 0 Å². The Morgan fingerprint density at radius 2 is 2.04 bits per heavy atom. The number of Topliss-reactive ketones (excluding diaryl/α,β-unsaturated/α-hetero) is 1. The van der Waals surface area contributed by atoms with Gasteiger partial charge in [-0.05, 0) is 37.0 Å². The highest BCUT2D eigenvalue weighted by Gasteiger charge is 2.68. The van der Waals surface area contributed by atoms with E-state index in [9.17, 15) is 9.59 Å². The highest BCUT2D eigenvalue weighted by atomic mass is 16.4. The lowest BCUT2D eigenvalue weighted by Gasteiger charge is -2.41. The first-order chi connectivity index (χ1) is 11.0. The molecule has 1 aromatic heterocycles. The van der Waals surface area contributed by atoms with E-state index in [1.165, 1.54) is 6.39 Å².